The molecule has 2 aromatic heterocycles. The Hall–Kier alpha value is -1.20. The number of thioether (sulfide) groups is 1. The van der Waals surface area contributed by atoms with Crippen LogP contribution >= 0.6 is 23.4 Å². The SMILES string of the molecule is Cl/C=C/CSc1nnc(C2CC2)n1Cc1ccco1. The molecule has 1 saturated carbocycles. The van der Waals surface area contributed by atoms with Gasteiger partial charge in [-0.1, -0.05) is 29.4 Å². The minimum absolute atomic E-state index is 0.570. The molecule has 0 N–H and O–H groups in total. The van der Waals surface area contributed by atoms with Crippen LogP contribution in [0.25, 0.3) is 0 Å². The second kappa shape index (κ2) is 5.84. The van der Waals surface area contributed by atoms with Crippen LogP contribution in [0.3, 0.4) is 0 Å². The summed E-state index contributed by atoms with van der Waals surface area (Å²) in [6, 6.07) is 3.88. The van der Waals surface area contributed by atoms with E-state index in [0.29, 0.717) is 12.5 Å². The fourth-order valence-corrected chi connectivity index (χ4v) is 2.87. The van der Waals surface area contributed by atoms with Gasteiger partial charge in [0.05, 0.1) is 12.8 Å². The molecule has 100 valence electrons. The van der Waals surface area contributed by atoms with E-state index in [9.17, 15) is 0 Å². The zero-order valence-electron chi connectivity index (χ0n) is 10.3. The number of hydrogen-bond donors (Lipinski definition) is 0. The van der Waals surface area contributed by atoms with Gasteiger partial charge in [-0.3, -0.25) is 4.57 Å². The van der Waals surface area contributed by atoms with Gasteiger partial charge in [-0.25, -0.2) is 0 Å². The summed E-state index contributed by atoms with van der Waals surface area (Å²) in [5.74, 6) is 3.37. The van der Waals surface area contributed by atoms with Crippen LogP contribution in [0.4, 0.5) is 0 Å². The first kappa shape index (κ1) is 12.8. The Morgan fingerprint density at radius 2 is 2.37 bits per heavy atom. The first-order valence-corrected chi connectivity index (χ1v) is 7.64. The zero-order chi connectivity index (χ0) is 13.1. The quantitative estimate of drug-likeness (QED) is 0.763. The van der Waals surface area contributed by atoms with Crippen LogP contribution in [-0.2, 0) is 6.54 Å². The molecule has 0 aromatic carbocycles. The van der Waals surface area contributed by atoms with Gasteiger partial charge < -0.3 is 4.42 Å². The molecule has 0 atom stereocenters. The summed E-state index contributed by atoms with van der Waals surface area (Å²) in [4.78, 5) is 0. The normalized spacial score (nSPS) is 15.4. The van der Waals surface area contributed by atoms with Crippen molar-refractivity contribution in [3.8, 4) is 0 Å². The van der Waals surface area contributed by atoms with Crippen molar-refractivity contribution in [2.24, 2.45) is 0 Å². The molecule has 6 heteroatoms. The number of furan rings is 1. The van der Waals surface area contributed by atoms with Crippen LogP contribution in [0.2, 0.25) is 0 Å². The van der Waals surface area contributed by atoms with Crippen LogP contribution in [-0.4, -0.2) is 20.5 Å². The number of aromatic nitrogens is 3. The summed E-state index contributed by atoms with van der Waals surface area (Å²) in [6.07, 6.45) is 6.01. The molecule has 3 rings (SSSR count). The molecule has 2 heterocycles. The number of halogens is 1. The lowest BCUT2D eigenvalue weighted by Gasteiger charge is -2.07. The van der Waals surface area contributed by atoms with E-state index in [2.05, 4.69) is 14.8 Å². The number of rotatable bonds is 6. The van der Waals surface area contributed by atoms with E-state index in [0.717, 1.165) is 22.5 Å². The smallest absolute Gasteiger partial charge is 0.191 e. The minimum atomic E-state index is 0.570. The third-order valence-corrected chi connectivity index (χ3v) is 4.08. The van der Waals surface area contributed by atoms with Gasteiger partial charge >= 0.3 is 0 Å². The Morgan fingerprint density at radius 1 is 1.47 bits per heavy atom. The van der Waals surface area contributed by atoms with Gasteiger partial charge in [0.2, 0.25) is 0 Å². The Morgan fingerprint density at radius 3 is 3.05 bits per heavy atom. The van der Waals surface area contributed by atoms with Gasteiger partial charge in [0, 0.05) is 17.2 Å². The van der Waals surface area contributed by atoms with Crippen molar-refractivity contribution in [2.45, 2.75) is 30.5 Å². The summed E-state index contributed by atoms with van der Waals surface area (Å²) < 4.78 is 7.58. The van der Waals surface area contributed by atoms with Crippen molar-refractivity contribution in [1.82, 2.24) is 14.8 Å². The Kier molecular flexibility index (Phi) is 3.94. The monoisotopic (exact) mass is 295 g/mol. The maximum Gasteiger partial charge on any atom is 0.191 e. The van der Waals surface area contributed by atoms with Gasteiger partial charge in [0.25, 0.3) is 0 Å². The van der Waals surface area contributed by atoms with Crippen molar-refractivity contribution in [2.75, 3.05) is 5.75 Å². The highest BCUT2D eigenvalue weighted by Gasteiger charge is 2.30. The molecule has 0 saturated heterocycles. The van der Waals surface area contributed by atoms with Crippen LogP contribution in [0.1, 0.15) is 30.3 Å². The molecule has 1 aliphatic rings. The van der Waals surface area contributed by atoms with Gasteiger partial charge in [-0.05, 0) is 25.0 Å². The lowest BCUT2D eigenvalue weighted by molar-refractivity contribution is 0.478. The Labute approximate surface area is 120 Å². The van der Waals surface area contributed by atoms with Crippen LogP contribution < -0.4 is 0 Å². The maximum atomic E-state index is 5.54. The highest BCUT2D eigenvalue weighted by Crippen LogP contribution is 2.40. The van der Waals surface area contributed by atoms with E-state index in [1.165, 1.54) is 18.4 Å². The summed E-state index contributed by atoms with van der Waals surface area (Å²) in [5.41, 5.74) is 1.53. The molecule has 0 amide bonds. The second-order valence-corrected chi connectivity index (χ2v) is 5.69. The molecule has 1 aliphatic carbocycles. The fraction of sp³-hybridized carbons (Fsp3) is 0.385. The minimum Gasteiger partial charge on any atom is -0.467 e. The van der Waals surface area contributed by atoms with Crippen LogP contribution in [0, 0.1) is 0 Å². The van der Waals surface area contributed by atoms with Crippen molar-refractivity contribution in [3.63, 3.8) is 0 Å². The predicted octanol–water partition coefficient (Wildman–Crippen LogP) is 3.64. The van der Waals surface area contributed by atoms with Crippen molar-refractivity contribution in [3.05, 3.63) is 41.6 Å². The summed E-state index contributed by atoms with van der Waals surface area (Å²) in [5, 5.41) is 9.54. The van der Waals surface area contributed by atoms with Gasteiger partial charge in [-0.15, -0.1) is 10.2 Å². The van der Waals surface area contributed by atoms with Gasteiger partial charge in [0.1, 0.15) is 11.6 Å². The number of nitrogens with zero attached hydrogens (tertiary/aromatic N) is 3. The largest absolute Gasteiger partial charge is 0.467 e. The van der Waals surface area contributed by atoms with Gasteiger partial charge in [-0.2, -0.15) is 0 Å². The first-order chi connectivity index (χ1) is 9.38. The summed E-state index contributed by atoms with van der Waals surface area (Å²) >= 11 is 7.17. The average molecular weight is 296 g/mol. The highest BCUT2D eigenvalue weighted by atomic mass is 35.5. The molecule has 2 aromatic rings. The summed E-state index contributed by atoms with van der Waals surface area (Å²) in [7, 11) is 0. The van der Waals surface area contributed by atoms with E-state index < -0.39 is 0 Å². The van der Waals surface area contributed by atoms with Crippen molar-refractivity contribution in [1.29, 1.82) is 0 Å². The molecule has 4 nitrogen and oxygen atoms in total. The van der Waals surface area contributed by atoms with Crippen molar-refractivity contribution < 1.29 is 4.42 Å². The van der Waals surface area contributed by atoms with Crippen LogP contribution in [0.15, 0.2) is 39.6 Å². The third-order valence-electron chi connectivity index (χ3n) is 2.98. The van der Waals surface area contributed by atoms with Gasteiger partial charge in [0.15, 0.2) is 5.16 Å². The molecule has 1 fully saturated rings. The molecule has 0 radical (unpaired) electrons. The van der Waals surface area contributed by atoms with E-state index >= 15 is 0 Å². The molecular weight excluding hydrogens is 282 g/mol. The average Bonchev–Trinajstić information content (AvgIpc) is 2.98. The van der Waals surface area contributed by atoms with Crippen molar-refractivity contribution >= 4 is 23.4 Å². The standard InChI is InChI=1S/C13H14ClN3OS/c14-6-2-8-19-13-16-15-12(10-4-5-10)17(13)9-11-3-1-7-18-11/h1-3,6-7,10H,4-5,8-9H2/b6-2+. The van der Waals surface area contributed by atoms with E-state index in [-0.39, 0.29) is 0 Å². The second-order valence-electron chi connectivity index (χ2n) is 4.45. The topological polar surface area (TPSA) is 43.9 Å². The first-order valence-electron chi connectivity index (χ1n) is 6.22. The van der Waals surface area contributed by atoms with E-state index in [1.807, 2.05) is 18.2 Å². The molecule has 0 spiro atoms. The maximum absolute atomic E-state index is 5.54. The van der Waals surface area contributed by atoms with Crippen LogP contribution in [0.5, 0.6) is 0 Å². The fourth-order valence-electron chi connectivity index (χ4n) is 1.92. The third kappa shape index (κ3) is 3.04. The highest BCUT2D eigenvalue weighted by molar-refractivity contribution is 7.99. The lowest BCUT2D eigenvalue weighted by atomic mass is 10.3. The number of hydrogen-bond acceptors (Lipinski definition) is 4. The predicted molar refractivity (Wildman–Crippen MR) is 75.5 cm³/mol. The molecule has 19 heavy (non-hydrogen) atoms. The molecule has 0 bridgehead atoms. The Bertz CT molecular complexity index is 560. The zero-order valence-corrected chi connectivity index (χ0v) is 11.9. The molecular formula is C13H14ClN3OS. The Balaban J connectivity index is 1.82. The molecule has 0 unspecified atom stereocenters. The van der Waals surface area contributed by atoms with E-state index in [4.69, 9.17) is 16.0 Å². The lowest BCUT2D eigenvalue weighted by Crippen LogP contribution is -2.05. The molecule has 0 aliphatic heterocycles. The van der Waals surface area contributed by atoms with E-state index in [1.54, 1.807) is 18.0 Å². The summed E-state index contributed by atoms with van der Waals surface area (Å²) in [6.45, 7) is 0.693.